The van der Waals surface area contributed by atoms with Gasteiger partial charge in [0.15, 0.2) is 17.7 Å². The maximum absolute atomic E-state index is 13.6. The summed E-state index contributed by atoms with van der Waals surface area (Å²) in [7, 11) is 1.26. The number of carbonyl (C=O) groups is 3. The molecule has 0 bridgehead atoms. The molecule has 0 radical (unpaired) electrons. The van der Waals surface area contributed by atoms with Crippen LogP contribution in [-0.4, -0.2) is 36.0 Å². The summed E-state index contributed by atoms with van der Waals surface area (Å²) in [5.74, 6) is -2.55. The molecule has 1 aromatic heterocycles. The number of esters is 1. The van der Waals surface area contributed by atoms with Crippen molar-refractivity contribution in [3.05, 3.63) is 52.6 Å². The molecule has 9 heteroatoms. The van der Waals surface area contributed by atoms with Gasteiger partial charge in [-0.1, -0.05) is 19.1 Å². The van der Waals surface area contributed by atoms with Gasteiger partial charge < -0.3 is 14.5 Å². The van der Waals surface area contributed by atoms with Crippen LogP contribution in [0.4, 0.5) is 4.39 Å². The fourth-order valence-electron chi connectivity index (χ4n) is 2.60. The van der Waals surface area contributed by atoms with E-state index in [0.717, 1.165) is 0 Å². The van der Waals surface area contributed by atoms with Gasteiger partial charge in [-0.25, -0.2) is 9.18 Å². The van der Waals surface area contributed by atoms with E-state index in [1.54, 1.807) is 13.0 Å². The van der Waals surface area contributed by atoms with Crippen LogP contribution in [0, 0.1) is 12.7 Å². The largest absolute Gasteiger partial charge is 0.478 e. The molecule has 8 nitrogen and oxygen atoms in total. The van der Waals surface area contributed by atoms with Crippen LogP contribution >= 0.6 is 0 Å². The maximum atomic E-state index is 13.6. The third-order valence-corrected chi connectivity index (χ3v) is 4.11. The summed E-state index contributed by atoms with van der Waals surface area (Å²) in [6, 6.07) is 5.67. The number of benzene rings is 1. The minimum absolute atomic E-state index is 0.0769. The van der Waals surface area contributed by atoms with Crippen molar-refractivity contribution in [1.29, 1.82) is 0 Å². The van der Waals surface area contributed by atoms with Crippen LogP contribution in [0.2, 0.25) is 0 Å². The summed E-state index contributed by atoms with van der Waals surface area (Å²) < 4.78 is 23.6. The van der Waals surface area contributed by atoms with Crippen LogP contribution < -0.4 is 15.6 Å². The lowest BCUT2D eigenvalue weighted by atomic mass is 10.1. The van der Waals surface area contributed by atoms with Gasteiger partial charge in [0.2, 0.25) is 0 Å². The minimum Gasteiger partial charge on any atom is -0.478 e. The first-order valence-electron chi connectivity index (χ1n) is 8.61. The van der Waals surface area contributed by atoms with Gasteiger partial charge >= 0.3 is 5.97 Å². The Bertz CT molecular complexity index is 894. The predicted molar refractivity (Wildman–Crippen MR) is 98.3 cm³/mol. The number of aromatic amines is 1. The average Bonchev–Trinajstić information content (AvgIpc) is 3.03. The maximum Gasteiger partial charge on any atom is 0.339 e. The molecule has 0 aliphatic heterocycles. The Morgan fingerprint density at radius 2 is 1.89 bits per heavy atom. The van der Waals surface area contributed by atoms with Gasteiger partial charge in [-0.05, 0) is 38.0 Å². The number of hydrazine groups is 1. The van der Waals surface area contributed by atoms with Crippen molar-refractivity contribution in [2.24, 2.45) is 0 Å². The van der Waals surface area contributed by atoms with Gasteiger partial charge in [0.05, 0.1) is 12.7 Å². The normalized spacial score (nSPS) is 11.5. The van der Waals surface area contributed by atoms with E-state index in [-0.39, 0.29) is 17.0 Å². The number of halogens is 1. The summed E-state index contributed by atoms with van der Waals surface area (Å²) in [6.45, 7) is 4.84. The molecule has 3 N–H and O–H groups in total. The van der Waals surface area contributed by atoms with Crippen LogP contribution in [0.3, 0.4) is 0 Å². The van der Waals surface area contributed by atoms with Gasteiger partial charge in [0.25, 0.3) is 11.8 Å². The Morgan fingerprint density at radius 3 is 2.50 bits per heavy atom. The van der Waals surface area contributed by atoms with Crippen LogP contribution in [0.1, 0.15) is 46.0 Å². The van der Waals surface area contributed by atoms with Crippen molar-refractivity contribution in [1.82, 2.24) is 15.8 Å². The summed E-state index contributed by atoms with van der Waals surface area (Å²) in [6.07, 6.45) is -0.572. The highest BCUT2D eigenvalue weighted by Gasteiger charge is 2.24. The van der Waals surface area contributed by atoms with Gasteiger partial charge in [-0.15, -0.1) is 0 Å². The summed E-state index contributed by atoms with van der Waals surface area (Å²) in [4.78, 5) is 39.3. The molecule has 1 aromatic carbocycles. The summed E-state index contributed by atoms with van der Waals surface area (Å²) >= 11 is 0. The standard InChI is InChI=1S/C19H22FN3O5/c1-5-13-15(19(26)27-4)10(2)16(21-13)18(25)23-22-17(24)11(3)28-14-9-7-6-8-12(14)20/h6-9,11,21H,5H2,1-4H3,(H,22,24)(H,23,25). The molecule has 0 fully saturated rings. The zero-order valence-corrected chi connectivity index (χ0v) is 16.0. The third kappa shape index (κ3) is 4.48. The zero-order valence-electron chi connectivity index (χ0n) is 16.0. The number of H-pyrrole nitrogens is 1. The van der Waals surface area contributed by atoms with Crippen LogP contribution in [0.25, 0.3) is 0 Å². The first-order chi connectivity index (χ1) is 13.3. The molecule has 0 spiro atoms. The van der Waals surface area contributed by atoms with Gasteiger partial charge in [-0.3, -0.25) is 20.4 Å². The smallest absolute Gasteiger partial charge is 0.339 e. The fraction of sp³-hybridized carbons (Fsp3) is 0.316. The molecule has 0 aliphatic carbocycles. The van der Waals surface area contributed by atoms with E-state index in [9.17, 15) is 18.8 Å². The van der Waals surface area contributed by atoms with Crippen molar-refractivity contribution in [2.45, 2.75) is 33.3 Å². The highest BCUT2D eigenvalue weighted by atomic mass is 19.1. The molecule has 2 aromatic rings. The molecular weight excluding hydrogens is 369 g/mol. The third-order valence-electron chi connectivity index (χ3n) is 4.11. The topological polar surface area (TPSA) is 110 Å². The number of aromatic nitrogens is 1. The fourth-order valence-corrected chi connectivity index (χ4v) is 2.60. The molecule has 1 atom stereocenters. The van der Waals surface area contributed by atoms with Gasteiger partial charge in [0.1, 0.15) is 5.69 Å². The second kappa shape index (κ2) is 9.03. The number of nitrogens with one attached hydrogen (secondary N) is 3. The van der Waals surface area contributed by atoms with Crippen LogP contribution in [-0.2, 0) is 16.0 Å². The first-order valence-corrected chi connectivity index (χ1v) is 8.61. The van der Waals surface area contributed by atoms with Crippen LogP contribution in [0.5, 0.6) is 5.75 Å². The molecule has 0 saturated carbocycles. The van der Waals surface area contributed by atoms with Crippen molar-refractivity contribution >= 4 is 17.8 Å². The van der Waals surface area contributed by atoms with Gasteiger partial charge in [0, 0.05) is 5.69 Å². The molecular formula is C19H22FN3O5. The Hall–Kier alpha value is -3.36. The van der Waals surface area contributed by atoms with E-state index in [4.69, 9.17) is 9.47 Å². The molecule has 1 unspecified atom stereocenters. The molecule has 28 heavy (non-hydrogen) atoms. The number of ether oxygens (including phenoxy) is 2. The van der Waals surface area contributed by atoms with Crippen molar-refractivity contribution in [2.75, 3.05) is 7.11 Å². The van der Waals surface area contributed by atoms with E-state index in [2.05, 4.69) is 15.8 Å². The summed E-state index contributed by atoms with van der Waals surface area (Å²) in [5, 5.41) is 0. The van der Waals surface area contributed by atoms with E-state index in [1.165, 1.54) is 32.2 Å². The number of hydrogen-bond acceptors (Lipinski definition) is 5. The number of aryl methyl sites for hydroxylation is 1. The number of rotatable bonds is 6. The molecule has 2 amide bonds. The number of para-hydroxylation sites is 1. The monoisotopic (exact) mass is 391 g/mol. The zero-order chi connectivity index (χ0) is 20.8. The molecule has 1 heterocycles. The number of hydrogen-bond donors (Lipinski definition) is 3. The lowest BCUT2D eigenvalue weighted by molar-refractivity contribution is -0.128. The average molecular weight is 391 g/mol. The van der Waals surface area contributed by atoms with Crippen molar-refractivity contribution < 1.29 is 28.2 Å². The van der Waals surface area contributed by atoms with E-state index in [0.29, 0.717) is 17.7 Å². The Labute approximate surface area is 161 Å². The molecule has 150 valence electrons. The lowest BCUT2D eigenvalue weighted by Gasteiger charge is -2.15. The number of amides is 2. The lowest BCUT2D eigenvalue weighted by Crippen LogP contribution is -2.47. The van der Waals surface area contributed by atoms with Crippen LogP contribution in [0.15, 0.2) is 24.3 Å². The Kier molecular flexibility index (Phi) is 6.75. The Balaban J connectivity index is 2.03. The molecule has 2 rings (SSSR count). The quantitative estimate of drug-likeness (QED) is 0.516. The number of carbonyl (C=O) groups excluding carboxylic acids is 3. The van der Waals surface area contributed by atoms with E-state index >= 15 is 0 Å². The second-order valence-corrected chi connectivity index (χ2v) is 5.96. The minimum atomic E-state index is -1.06. The van der Waals surface area contributed by atoms with Crippen molar-refractivity contribution in [3.63, 3.8) is 0 Å². The molecule has 0 saturated heterocycles. The van der Waals surface area contributed by atoms with Gasteiger partial charge in [-0.2, -0.15) is 0 Å². The highest BCUT2D eigenvalue weighted by molar-refractivity contribution is 6.01. The molecule has 0 aliphatic rings. The predicted octanol–water partition coefficient (Wildman–Crippen LogP) is 2.04. The van der Waals surface area contributed by atoms with E-state index in [1.807, 2.05) is 6.92 Å². The van der Waals surface area contributed by atoms with Crippen molar-refractivity contribution in [3.8, 4) is 5.75 Å². The second-order valence-electron chi connectivity index (χ2n) is 5.96. The Morgan fingerprint density at radius 1 is 1.21 bits per heavy atom. The summed E-state index contributed by atoms with van der Waals surface area (Å²) in [5.41, 5.74) is 5.84. The van der Waals surface area contributed by atoms with E-state index < -0.39 is 29.7 Å². The highest BCUT2D eigenvalue weighted by Crippen LogP contribution is 2.20. The SMILES string of the molecule is CCc1[nH]c(C(=O)NNC(=O)C(C)Oc2ccccc2F)c(C)c1C(=O)OC. The first kappa shape index (κ1) is 20.9. The number of methoxy groups -OCH3 is 1.